The van der Waals surface area contributed by atoms with Gasteiger partial charge in [-0.25, -0.2) is 0 Å². The summed E-state index contributed by atoms with van der Waals surface area (Å²) < 4.78 is 5.92. The van der Waals surface area contributed by atoms with Gasteiger partial charge in [0.1, 0.15) is 0 Å². The molecule has 0 atom stereocenters. The number of hydrogen-bond acceptors (Lipinski definition) is 4. The number of carbonyl (C=O) groups is 1. The van der Waals surface area contributed by atoms with E-state index in [0.717, 1.165) is 56.6 Å². The van der Waals surface area contributed by atoms with Gasteiger partial charge in [-0.2, -0.15) is 0 Å². The minimum Gasteiger partial charge on any atom is -0.378 e. The van der Waals surface area contributed by atoms with Crippen molar-refractivity contribution in [3.8, 4) is 0 Å². The Morgan fingerprint density at radius 3 is 2.48 bits per heavy atom. The molecule has 1 fully saturated rings. The van der Waals surface area contributed by atoms with Crippen LogP contribution in [0.15, 0.2) is 24.3 Å². The van der Waals surface area contributed by atoms with Crippen LogP contribution in [0.5, 0.6) is 0 Å². The van der Waals surface area contributed by atoms with Crippen LogP contribution in [0.4, 0.5) is 0 Å². The first kappa shape index (κ1) is 17.9. The molecule has 1 saturated heterocycles. The first-order valence-electron chi connectivity index (χ1n) is 8.44. The van der Waals surface area contributed by atoms with E-state index in [1.165, 1.54) is 0 Å². The minimum absolute atomic E-state index is 0.111. The van der Waals surface area contributed by atoms with E-state index in [-0.39, 0.29) is 5.91 Å². The van der Waals surface area contributed by atoms with Crippen molar-refractivity contribution in [2.75, 3.05) is 40.3 Å². The fourth-order valence-corrected chi connectivity index (χ4v) is 2.82. The maximum Gasteiger partial charge on any atom is 0.253 e. The van der Waals surface area contributed by atoms with Gasteiger partial charge in [0.25, 0.3) is 5.91 Å². The summed E-state index contributed by atoms with van der Waals surface area (Å²) in [5.74, 6) is 0.111. The van der Waals surface area contributed by atoms with Crippen molar-refractivity contribution in [2.24, 2.45) is 5.73 Å². The summed E-state index contributed by atoms with van der Waals surface area (Å²) in [6, 6.07) is 7.59. The molecule has 2 N–H and O–H groups in total. The second kappa shape index (κ2) is 9.01. The van der Waals surface area contributed by atoms with Crippen molar-refractivity contribution in [3.05, 3.63) is 35.4 Å². The lowest BCUT2D eigenvalue weighted by atomic mass is 10.1. The molecule has 1 aliphatic heterocycles. The molecule has 128 valence electrons. The number of nitrogens with zero attached hydrogens (tertiary/aromatic N) is 2. The average Bonchev–Trinajstić information content (AvgIpc) is 2.58. The molecule has 0 spiro atoms. The van der Waals surface area contributed by atoms with Gasteiger partial charge >= 0.3 is 0 Å². The summed E-state index contributed by atoms with van der Waals surface area (Å²) in [5, 5.41) is 0. The molecule has 0 aromatic heterocycles. The maximum absolute atomic E-state index is 12.5. The van der Waals surface area contributed by atoms with E-state index in [0.29, 0.717) is 12.6 Å². The van der Waals surface area contributed by atoms with Gasteiger partial charge in [-0.3, -0.25) is 4.79 Å². The molecule has 1 aromatic rings. The number of piperidine rings is 1. The molecule has 1 aromatic carbocycles. The molecule has 0 radical (unpaired) electrons. The summed E-state index contributed by atoms with van der Waals surface area (Å²) in [7, 11) is 4.15. The Labute approximate surface area is 139 Å². The zero-order valence-corrected chi connectivity index (χ0v) is 14.3. The minimum atomic E-state index is 0.111. The van der Waals surface area contributed by atoms with E-state index >= 15 is 0 Å². The molecule has 2 rings (SSSR count). The lowest BCUT2D eigenvalue weighted by Gasteiger charge is -2.32. The van der Waals surface area contributed by atoms with Crippen molar-refractivity contribution < 1.29 is 9.53 Å². The van der Waals surface area contributed by atoms with Crippen LogP contribution in [0.3, 0.4) is 0 Å². The number of ether oxygens (including phenoxy) is 1. The highest BCUT2D eigenvalue weighted by atomic mass is 16.5. The number of rotatable bonds is 7. The molecule has 23 heavy (non-hydrogen) atoms. The van der Waals surface area contributed by atoms with Gasteiger partial charge in [0, 0.05) is 31.8 Å². The zero-order chi connectivity index (χ0) is 16.7. The largest absolute Gasteiger partial charge is 0.378 e. The highest BCUT2D eigenvalue weighted by Crippen LogP contribution is 2.17. The third-order valence-corrected chi connectivity index (χ3v) is 4.27. The predicted octanol–water partition coefficient (Wildman–Crippen LogP) is 1.72. The first-order valence-corrected chi connectivity index (χ1v) is 8.44. The summed E-state index contributed by atoms with van der Waals surface area (Å²) in [6.45, 7) is 3.91. The molecule has 1 heterocycles. The van der Waals surface area contributed by atoms with E-state index in [9.17, 15) is 4.79 Å². The summed E-state index contributed by atoms with van der Waals surface area (Å²) >= 11 is 0. The van der Waals surface area contributed by atoms with E-state index in [1.54, 1.807) is 0 Å². The number of benzene rings is 1. The molecule has 5 heteroatoms. The lowest BCUT2D eigenvalue weighted by molar-refractivity contribution is 0.00633. The fraction of sp³-hybridized carbons (Fsp3) is 0.611. The van der Waals surface area contributed by atoms with Gasteiger partial charge in [-0.1, -0.05) is 12.1 Å². The van der Waals surface area contributed by atoms with E-state index in [1.807, 2.05) is 29.2 Å². The van der Waals surface area contributed by atoms with E-state index in [4.69, 9.17) is 10.5 Å². The quantitative estimate of drug-likeness (QED) is 0.778. The van der Waals surface area contributed by atoms with Gasteiger partial charge in [0.05, 0.1) is 6.10 Å². The van der Waals surface area contributed by atoms with Crippen LogP contribution >= 0.6 is 0 Å². The van der Waals surface area contributed by atoms with Crippen molar-refractivity contribution in [1.82, 2.24) is 9.80 Å². The topological polar surface area (TPSA) is 58.8 Å². The Hall–Kier alpha value is -1.43. The van der Waals surface area contributed by atoms with Crippen LogP contribution in [0, 0.1) is 0 Å². The summed E-state index contributed by atoms with van der Waals surface area (Å²) in [4.78, 5) is 16.6. The third-order valence-electron chi connectivity index (χ3n) is 4.27. The van der Waals surface area contributed by atoms with Crippen LogP contribution in [-0.4, -0.2) is 62.1 Å². The van der Waals surface area contributed by atoms with Crippen LogP contribution in [0.25, 0.3) is 0 Å². The Bertz CT molecular complexity index is 480. The molecule has 0 saturated carbocycles. The van der Waals surface area contributed by atoms with Gasteiger partial charge in [-0.15, -0.1) is 0 Å². The molecule has 5 nitrogen and oxygen atoms in total. The SMILES string of the molecule is CN(C)CCCOC1CCN(C(=O)c2ccc(CN)cc2)CC1. The number of carbonyl (C=O) groups excluding carboxylic acids is 1. The first-order chi connectivity index (χ1) is 11.1. The Morgan fingerprint density at radius 1 is 1.26 bits per heavy atom. The average molecular weight is 319 g/mol. The monoisotopic (exact) mass is 319 g/mol. The maximum atomic E-state index is 12.5. The molecule has 1 amide bonds. The van der Waals surface area contributed by atoms with Gasteiger partial charge < -0.3 is 20.3 Å². The van der Waals surface area contributed by atoms with Gasteiger partial charge in [0.2, 0.25) is 0 Å². The lowest BCUT2D eigenvalue weighted by Crippen LogP contribution is -2.41. The van der Waals surface area contributed by atoms with Crippen molar-refractivity contribution in [1.29, 1.82) is 0 Å². The summed E-state index contributed by atoms with van der Waals surface area (Å²) in [5.41, 5.74) is 7.38. The smallest absolute Gasteiger partial charge is 0.253 e. The van der Waals surface area contributed by atoms with Crippen molar-refractivity contribution >= 4 is 5.91 Å². The third kappa shape index (κ3) is 5.61. The molecule has 0 unspecified atom stereocenters. The van der Waals surface area contributed by atoms with Crippen molar-refractivity contribution in [2.45, 2.75) is 31.9 Å². The van der Waals surface area contributed by atoms with Crippen LogP contribution in [0.1, 0.15) is 35.2 Å². The predicted molar refractivity (Wildman–Crippen MR) is 92.4 cm³/mol. The molecule has 0 bridgehead atoms. The number of amides is 1. The molecular formula is C18H29N3O2. The molecular weight excluding hydrogens is 290 g/mol. The van der Waals surface area contributed by atoms with E-state index in [2.05, 4.69) is 19.0 Å². The van der Waals surface area contributed by atoms with E-state index < -0.39 is 0 Å². The van der Waals surface area contributed by atoms with Crippen molar-refractivity contribution in [3.63, 3.8) is 0 Å². The van der Waals surface area contributed by atoms with Crippen LogP contribution < -0.4 is 5.73 Å². The van der Waals surface area contributed by atoms with Gasteiger partial charge in [-0.05, 0) is 57.6 Å². The normalized spacial score (nSPS) is 16.1. The second-order valence-corrected chi connectivity index (χ2v) is 6.42. The number of likely N-dealkylation sites (tertiary alicyclic amines) is 1. The Morgan fingerprint density at radius 2 is 1.91 bits per heavy atom. The molecule has 0 aliphatic carbocycles. The Kier molecular flexibility index (Phi) is 7.02. The number of hydrogen-bond donors (Lipinski definition) is 1. The number of nitrogens with two attached hydrogens (primary N) is 1. The summed E-state index contributed by atoms with van der Waals surface area (Å²) in [6.07, 6.45) is 3.20. The van der Waals surface area contributed by atoms with Gasteiger partial charge in [0.15, 0.2) is 0 Å². The van der Waals surface area contributed by atoms with Crippen LogP contribution in [0.2, 0.25) is 0 Å². The zero-order valence-electron chi connectivity index (χ0n) is 14.3. The highest BCUT2D eigenvalue weighted by Gasteiger charge is 2.23. The molecule has 1 aliphatic rings. The fourth-order valence-electron chi connectivity index (χ4n) is 2.82. The standard InChI is InChI=1S/C18H29N3O2/c1-20(2)10-3-13-23-17-8-11-21(12-9-17)18(22)16-6-4-15(14-19)5-7-16/h4-7,17H,3,8-14,19H2,1-2H3. The van der Waals surface area contributed by atoms with Crippen LogP contribution in [-0.2, 0) is 11.3 Å². The second-order valence-electron chi connectivity index (χ2n) is 6.42. The highest BCUT2D eigenvalue weighted by molar-refractivity contribution is 5.94. The Balaban J connectivity index is 1.73.